The second-order valence-electron chi connectivity index (χ2n) is 7.69. The van der Waals surface area contributed by atoms with E-state index in [1.807, 2.05) is 32.0 Å². The molecule has 1 aromatic heterocycles. The van der Waals surface area contributed by atoms with Gasteiger partial charge in [-0.1, -0.05) is 30.0 Å². The van der Waals surface area contributed by atoms with Gasteiger partial charge >= 0.3 is 0 Å². The zero-order valence-corrected chi connectivity index (χ0v) is 21.0. The molecule has 0 atom stereocenters. The van der Waals surface area contributed by atoms with Crippen LogP contribution in [0.15, 0.2) is 60.3 Å². The van der Waals surface area contributed by atoms with E-state index in [0.29, 0.717) is 34.8 Å². The first-order valence-corrected chi connectivity index (χ1v) is 11.8. The first-order valence-electron chi connectivity index (χ1n) is 10.8. The molecule has 0 aliphatic carbocycles. The van der Waals surface area contributed by atoms with Crippen molar-refractivity contribution in [2.24, 2.45) is 0 Å². The van der Waals surface area contributed by atoms with E-state index in [-0.39, 0.29) is 0 Å². The van der Waals surface area contributed by atoms with Crippen LogP contribution >= 0.6 is 11.8 Å². The molecule has 2 aromatic carbocycles. The molecule has 0 aliphatic rings. The standard InChI is InChI=1S/C26H28N4O4S/c1-6-7-20-13-21(14-22(33-4)23(20)34-5)25(32)30-29-24(31)19-10-8-18(9-11-19)15-35-26-27-16(2)12-17(3)28-26/h6,8-14H,1,7,15H2,2-5H3,(H,29,31)(H,30,32). The predicted molar refractivity (Wildman–Crippen MR) is 136 cm³/mol. The summed E-state index contributed by atoms with van der Waals surface area (Å²) >= 11 is 1.53. The van der Waals surface area contributed by atoms with Gasteiger partial charge < -0.3 is 9.47 Å². The lowest BCUT2D eigenvalue weighted by Gasteiger charge is -2.14. The molecule has 8 nitrogen and oxygen atoms in total. The maximum atomic E-state index is 12.7. The molecule has 0 radical (unpaired) electrons. The lowest BCUT2D eigenvalue weighted by molar-refractivity contribution is 0.0846. The van der Waals surface area contributed by atoms with Gasteiger partial charge in [-0.2, -0.15) is 0 Å². The number of rotatable bonds is 9. The molecule has 9 heteroatoms. The molecule has 0 aliphatic heterocycles. The number of nitrogens with one attached hydrogen (secondary N) is 2. The maximum Gasteiger partial charge on any atom is 0.269 e. The Morgan fingerprint density at radius 3 is 2.14 bits per heavy atom. The topological polar surface area (TPSA) is 102 Å². The number of aryl methyl sites for hydroxylation is 2. The van der Waals surface area contributed by atoms with E-state index in [9.17, 15) is 9.59 Å². The van der Waals surface area contributed by atoms with Gasteiger partial charge in [-0.15, -0.1) is 6.58 Å². The molecule has 2 N–H and O–H groups in total. The Bertz CT molecular complexity index is 1210. The summed E-state index contributed by atoms with van der Waals surface area (Å²) in [5, 5.41) is 0.721. The number of nitrogens with zero attached hydrogens (tertiary/aromatic N) is 2. The van der Waals surface area contributed by atoms with Crippen molar-refractivity contribution in [3.8, 4) is 11.5 Å². The molecule has 0 unspecified atom stereocenters. The number of hydrogen-bond acceptors (Lipinski definition) is 7. The number of benzene rings is 2. The number of hydrogen-bond donors (Lipinski definition) is 2. The van der Waals surface area contributed by atoms with Crippen molar-refractivity contribution < 1.29 is 19.1 Å². The van der Waals surface area contributed by atoms with E-state index in [2.05, 4.69) is 27.4 Å². The summed E-state index contributed by atoms with van der Waals surface area (Å²) in [4.78, 5) is 34.0. The molecule has 0 bridgehead atoms. The molecule has 1 heterocycles. The van der Waals surface area contributed by atoms with Gasteiger partial charge in [0.1, 0.15) is 0 Å². The maximum absolute atomic E-state index is 12.7. The van der Waals surface area contributed by atoms with Gasteiger partial charge in [-0.05, 0) is 56.2 Å². The summed E-state index contributed by atoms with van der Waals surface area (Å²) in [6, 6.07) is 12.3. The minimum Gasteiger partial charge on any atom is -0.493 e. The summed E-state index contributed by atoms with van der Waals surface area (Å²) in [5.74, 6) is 0.722. The average molecular weight is 493 g/mol. The zero-order chi connectivity index (χ0) is 25.4. The van der Waals surface area contributed by atoms with E-state index in [4.69, 9.17) is 9.47 Å². The number of methoxy groups -OCH3 is 2. The smallest absolute Gasteiger partial charge is 0.269 e. The van der Waals surface area contributed by atoms with E-state index < -0.39 is 11.8 Å². The predicted octanol–water partition coefficient (Wildman–Crippen LogP) is 4.21. The highest BCUT2D eigenvalue weighted by atomic mass is 32.2. The van der Waals surface area contributed by atoms with Crippen LogP contribution < -0.4 is 20.3 Å². The minimum atomic E-state index is -0.480. The van der Waals surface area contributed by atoms with E-state index in [1.165, 1.54) is 26.0 Å². The molecular formula is C26H28N4O4S. The van der Waals surface area contributed by atoms with Gasteiger partial charge in [-0.25, -0.2) is 9.97 Å². The van der Waals surface area contributed by atoms with Crippen LogP contribution in [0.4, 0.5) is 0 Å². The van der Waals surface area contributed by atoms with E-state index in [0.717, 1.165) is 27.7 Å². The van der Waals surface area contributed by atoms with E-state index >= 15 is 0 Å². The number of allylic oxidation sites excluding steroid dienone is 1. The molecule has 35 heavy (non-hydrogen) atoms. The Kier molecular flexibility index (Phi) is 8.86. The molecule has 3 aromatic rings. The Hall–Kier alpha value is -3.85. The van der Waals surface area contributed by atoms with Crippen LogP contribution in [0.3, 0.4) is 0 Å². The van der Waals surface area contributed by atoms with Gasteiger partial charge in [-0.3, -0.25) is 20.4 Å². The van der Waals surface area contributed by atoms with Crippen molar-refractivity contribution in [2.45, 2.75) is 31.2 Å². The summed E-state index contributed by atoms with van der Waals surface area (Å²) < 4.78 is 10.7. The number of carbonyl (C=O) groups is 2. The second kappa shape index (κ2) is 12.0. The number of aromatic nitrogens is 2. The molecule has 3 rings (SSSR count). The van der Waals surface area contributed by atoms with Crippen LogP contribution in [-0.4, -0.2) is 36.0 Å². The third-order valence-corrected chi connectivity index (χ3v) is 5.94. The van der Waals surface area contributed by atoms with Crippen molar-refractivity contribution in [2.75, 3.05) is 14.2 Å². The molecule has 0 saturated carbocycles. The van der Waals surface area contributed by atoms with Crippen molar-refractivity contribution in [3.63, 3.8) is 0 Å². The summed E-state index contributed by atoms with van der Waals surface area (Å²) in [6.07, 6.45) is 2.20. The third kappa shape index (κ3) is 6.83. The first kappa shape index (κ1) is 25.8. The Morgan fingerprint density at radius 2 is 1.57 bits per heavy atom. The van der Waals surface area contributed by atoms with Crippen LogP contribution in [0.1, 0.15) is 43.2 Å². The molecule has 2 amide bonds. The third-order valence-electron chi connectivity index (χ3n) is 5.02. The van der Waals surface area contributed by atoms with Crippen molar-refractivity contribution in [3.05, 3.63) is 88.8 Å². The number of hydrazine groups is 1. The summed E-state index contributed by atoms with van der Waals surface area (Å²) in [6.45, 7) is 7.61. The largest absolute Gasteiger partial charge is 0.493 e. The van der Waals surface area contributed by atoms with Gasteiger partial charge in [0.2, 0.25) is 0 Å². The lowest BCUT2D eigenvalue weighted by atomic mass is 10.1. The molecule has 0 fully saturated rings. The number of ether oxygens (including phenoxy) is 2. The highest BCUT2D eigenvalue weighted by Gasteiger charge is 2.16. The fourth-order valence-corrected chi connectivity index (χ4v) is 4.30. The highest BCUT2D eigenvalue weighted by Crippen LogP contribution is 2.33. The Morgan fingerprint density at radius 1 is 0.943 bits per heavy atom. The van der Waals surface area contributed by atoms with Crippen LogP contribution in [0, 0.1) is 13.8 Å². The molecule has 0 spiro atoms. The SMILES string of the molecule is C=CCc1cc(C(=O)NNC(=O)c2ccc(CSc3nc(C)cc(C)n3)cc2)cc(OC)c1OC. The minimum absolute atomic E-state index is 0.320. The van der Waals surface area contributed by atoms with Crippen LogP contribution in [-0.2, 0) is 12.2 Å². The van der Waals surface area contributed by atoms with Crippen molar-refractivity contribution in [1.82, 2.24) is 20.8 Å². The average Bonchev–Trinajstić information content (AvgIpc) is 2.85. The highest BCUT2D eigenvalue weighted by molar-refractivity contribution is 7.98. The first-order chi connectivity index (χ1) is 16.8. The Labute approximate surface area is 209 Å². The van der Waals surface area contributed by atoms with Gasteiger partial charge in [0, 0.05) is 33.8 Å². The fourth-order valence-electron chi connectivity index (χ4n) is 3.40. The van der Waals surface area contributed by atoms with Crippen molar-refractivity contribution in [1.29, 1.82) is 0 Å². The van der Waals surface area contributed by atoms with Gasteiger partial charge in [0.25, 0.3) is 11.8 Å². The molecule has 0 saturated heterocycles. The zero-order valence-electron chi connectivity index (χ0n) is 20.2. The van der Waals surface area contributed by atoms with Crippen LogP contribution in [0.5, 0.6) is 11.5 Å². The van der Waals surface area contributed by atoms with Gasteiger partial charge in [0.15, 0.2) is 16.7 Å². The second-order valence-corrected chi connectivity index (χ2v) is 8.63. The number of amides is 2. The monoisotopic (exact) mass is 492 g/mol. The quantitative estimate of drug-likeness (QED) is 0.200. The molecular weight excluding hydrogens is 464 g/mol. The molecule has 182 valence electrons. The fraction of sp³-hybridized carbons (Fsp3) is 0.231. The van der Waals surface area contributed by atoms with Crippen LogP contribution in [0.25, 0.3) is 0 Å². The number of carbonyl (C=O) groups excluding carboxylic acids is 2. The lowest BCUT2D eigenvalue weighted by Crippen LogP contribution is -2.41. The summed E-state index contributed by atoms with van der Waals surface area (Å²) in [5.41, 5.74) is 9.27. The van der Waals surface area contributed by atoms with Crippen LogP contribution in [0.2, 0.25) is 0 Å². The summed E-state index contributed by atoms with van der Waals surface area (Å²) in [7, 11) is 3.03. The van der Waals surface area contributed by atoms with E-state index in [1.54, 1.807) is 30.3 Å². The normalized spacial score (nSPS) is 10.4. The van der Waals surface area contributed by atoms with Gasteiger partial charge in [0.05, 0.1) is 14.2 Å². The Balaban J connectivity index is 1.60. The number of thioether (sulfide) groups is 1. The van der Waals surface area contributed by atoms with Crippen molar-refractivity contribution >= 4 is 23.6 Å².